The molecule has 0 radical (unpaired) electrons. The molecule has 3 rings (SSSR count). The molecule has 1 unspecified atom stereocenters. The number of nitrogens with one attached hydrogen (secondary N) is 3. The molecule has 148 valence electrons. The summed E-state index contributed by atoms with van der Waals surface area (Å²) in [5.41, 5.74) is 1.76. The van der Waals surface area contributed by atoms with Gasteiger partial charge < -0.3 is 20.5 Å². The number of furan rings is 1. The van der Waals surface area contributed by atoms with Gasteiger partial charge in [-0.25, -0.2) is 0 Å². The molecule has 2 aromatic carbocycles. The van der Waals surface area contributed by atoms with Crippen molar-refractivity contribution < 1.29 is 14.0 Å². The zero-order valence-corrected chi connectivity index (χ0v) is 16.5. The third-order valence-corrected chi connectivity index (χ3v) is 4.70. The minimum Gasteiger partial charge on any atom is -0.464 e. The molecule has 1 atom stereocenters. The number of rotatable bonds is 7. The van der Waals surface area contributed by atoms with E-state index in [9.17, 15) is 9.59 Å². The van der Waals surface area contributed by atoms with Crippen molar-refractivity contribution >= 4 is 40.8 Å². The van der Waals surface area contributed by atoms with Gasteiger partial charge in [0.25, 0.3) is 0 Å². The summed E-state index contributed by atoms with van der Waals surface area (Å²) in [6.45, 7) is 1.43. The lowest BCUT2D eigenvalue weighted by atomic mass is 10.0. The topological polar surface area (TPSA) is 121 Å². The average molecular weight is 408 g/mol. The van der Waals surface area contributed by atoms with Crippen LogP contribution in [0.3, 0.4) is 0 Å². The highest BCUT2D eigenvalue weighted by Gasteiger charge is 2.29. The number of hydrogen-bond donors (Lipinski definition) is 4. The lowest BCUT2D eigenvalue weighted by Crippen LogP contribution is -2.38. The summed E-state index contributed by atoms with van der Waals surface area (Å²) in [5, 5.41) is 18.8. The van der Waals surface area contributed by atoms with E-state index in [0.29, 0.717) is 17.1 Å². The SMILES string of the molecule is CC(=N)C(C(=O)Nc1ccc(SN)cc1)C(=O)Nc1cccc(-c2ccco2)c1. The van der Waals surface area contributed by atoms with Crippen LogP contribution in [0.5, 0.6) is 0 Å². The van der Waals surface area contributed by atoms with E-state index in [2.05, 4.69) is 10.6 Å². The Balaban J connectivity index is 1.73. The van der Waals surface area contributed by atoms with E-state index in [1.54, 1.807) is 54.8 Å². The van der Waals surface area contributed by atoms with Crippen molar-refractivity contribution in [2.45, 2.75) is 11.8 Å². The number of benzene rings is 2. The smallest absolute Gasteiger partial charge is 0.242 e. The van der Waals surface area contributed by atoms with E-state index in [0.717, 1.165) is 22.4 Å². The van der Waals surface area contributed by atoms with Crippen LogP contribution in [0.4, 0.5) is 11.4 Å². The summed E-state index contributed by atoms with van der Waals surface area (Å²) in [5.74, 6) is -1.75. The molecule has 5 N–H and O–H groups in total. The lowest BCUT2D eigenvalue weighted by molar-refractivity contribution is -0.126. The van der Waals surface area contributed by atoms with E-state index in [1.165, 1.54) is 6.92 Å². The number of hydrogen-bond acceptors (Lipinski definition) is 6. The van der Waals surface area contributed by atoms with Gasteiger partial charge in [0.05, 0.1) is 6.26 Å². The standard InChI is InChI=1S/C21H20N4O3S/c1-13(22)19(20(26)24-15-7-9-17(29-23)10-8-15)21(27)25-16-5-2-4-14(12-16)18-6-3-11-28-18/h2-12,19,22H,23H2,1H3,(H,24,26)(H,25,27). The second kappa shape index (κ2) is 9.22. The maximum atomic E-state index is 12.7. The van der Waals surface area contributed by atoms with Gasteiger partial charge in [-0.05, 0) is 67.4 Å². The average Bonchev–Trinajstić information content (AvgIpc) is 3.23. The second-order valence-electron chi connectivity index (χ2n) is 6.29. The summed E-state index contributed by atoms with van der Waals surface area (Å²) < 4.78 is 5.37. The van der Waals surface area contributed by atoms with Crippen molar-refractivity contribution in [1.29, 1.82) is 5.41 Å². The molecule has 0 aliphatic rings. The predicted octanol–water partition coefficient (Wildman–Crippen LogP) is 4.15. The van der Waals surface area contributed by atoms with Gasteiger partial charge >= 0.3 is 0 Å². The molecule has 3 aromatic rings. The minimum atomic E-state index is -1.26. The Morgan fingerprint density at radius 2 is 1.69 bits per heavy atom. The number of nitrogens with two attached hydrogens (primary N) is 1. The molecule has 8 heteroatoms. The van der Waals surface area contributed by atoms with Crippen LogP contribution in [0, 0.1) is 11.3 Å². The van der Waals surface area contributed by atoms with E-state index in [-0.39, 0.29) is 5.71 Å². The Hall–Kier alpha value is -3.36. The van der Waals surface area contributed by atoms with Crippen molar-refractivity contribution in [3.8, 4) is 11.3 Å². The first-order valence-electron chi connectivity index (χ1n) is 8.75. The van der Waals surface area contributed by atoms with E-state index in [4.69, 9.17) is 15.0 Å². The first-order chi connectivity index (χ1) is 14.0. The largest absolute Gasteiger partial charge is 0.464 e. The fourth-order valence-electron chi connectivity index (χ4n) is 2.75. The molecule has 0 fully saturated rings. The van der Waals surface area contributed by atoms with E-state index < -0.39 is 17.7 Å². The number of carbonyl (C=O) groups is 2. The molecule has 1 heterocycles. The van der Waals surface area contributed by atoms with Crippen LogP contribution in [-0.4, -0.2) is 17.5 Å². The molecule has 0 spiro atoms. The normalized spacial score (nSPS) is 11.5. The highest BCUT2D eigenvalue weighted by molar-refractivity contribution is 7.97. The van der Waals surface area contributed by atoms with Crippen LogP contribution in [-0.2, 0) is 9.59 Å². The number of amides is 2. The number of anilines is 2. The molecule has 0 aliphatic carbocycles. The minimum absolute atomic E-state index is 0.0590. The summed E-state index contributed by atoms with van der Waals surface area (Å²) in [4.78, 5) is 26.2. The zero-order chi connectivity index (χ0) is 20.8. The van der Waals surface area contributed by atoms with Gasteiger partial charge in [-0.1, -0.05) is 12.1 Å². The maximum Gasteiger partial charge on any atom is 0.242 e. The molecule has 2 amide bonds. The van der Waals surface area contributed by atoms with Gasteiger partial charge in [-0.2, -0.15) is 0 Å². The van der Waals surface area contributed by atoms with Gasteiger partial charge in [0.1, 0.15) is 5.76 Å². The first kappa shape index (κ1) is 20.4. The summed E-state index contributed by atoms with van der Waals surface area (Å²) in [6, 6.07) is 17.6. The van der Waals surface area contributed by atoms with Gasteiger partial charge in [-0.15, -0.1) is 0 Å². The summed E-state index contributed by atoms with van der Waals surface area (Å²) in [6.07, 6.45) is 1.57. The zero-order valence-electron chi connectivity index (χ0n) is 15.6. The lowest BCUT2D eigenvalue weighted by Gasteiger charge is -2.16. The maximum absolute atomic E-state index is 12.7. The molecular formula is C21H20N4O3S. The van der Waals surface area contributed by atoms with Crippen LogP contribution in [0.25, 0.3) is 11.3 Å². The Kier molecular flexibility index (Phi) is 6.48. The van der Waals surface area contributed by atoms with Gasteiger partial charge in [0.2, 0.25) is 11.8 Å². The van der Waals surface area contributed by atoms with Crippen LogP contribution >= 0.6 is 11.9 Å². The molecule has 0 saturated carbocycles. The van der Waals surface area contributed by atoms with Crippen LogP contribution in [0.15, 0.2) is 76.2 Å². The molecule has 1 aromatic heterocycles. The van der Waals surface area contributed by atoms with Gasteiger partial charge in [0.15, 0.2) is 5.92 Å². The molecule has 0 saturated heterocycles. The summed E-state index contributed by atoms with van der Waals surface area (Å²) >= 11 is 1.10. The molecule has 0 aliphatic heterocycles. The third-order valence-electron chi connectivity index (χ3n) is 4.15. The van der Waals surface area contributed by atoms with Gasteiger partial charge in [0, 0.05) is 27.5 Å². The molecular weight excluding hydrogens is 388 g/mol. The van der Waals surface area contributed by atoms with E-state index >= 15 is 0 Å². The Morgan fingerprint density at radius 1 is 1.00 bits per heavy atom. The Morgan fingerprint density at radius 3 is 2.28 bits per heavy atom. The Bertz CT molecular complexity index is 1020. The fraction of sp³-hybridized carbons (Fsp3) is 0.0952. The quantitative estimate of drug-likeness (QED) is 0.266. The number of carbonyl (C=O) groups excluding carboxylic acids is 2. The predicted molar refractivity (Wildman–Crippen MR) is 115 cm³/mol. The van der Waals surface area contributed by atoms with Crippen LogP contribution < -0.4 is 15.8 Å². The van der Waals surface area contributed by atoms with Crippen molar-refractivity contribution in [2.75, 3.05) is 10.6 Å². The van der Waals surface area contributed by atoms with Crippen LogP contribution in [0.2, 0.25) is 0 Å². The Labute approximate surface area is 172 Å². The van der Waals surface area contributed by atoms with Crippen molar-refractivity contribution in [3.05, 3.63) is 66.9 Å². The molecule has 29 heavy (non-hydrogen) atoms. The van der Waals surface area contributed by atoms with Crippen molar-refractivity contribution in [3.63, 3.8) is 0 Å². The van der Waals surface area contributed by atoms with Crippen molar-refractivity contribution in [1.82, 2.24) is 0 Å². The highest BCUT2D eigenvalue weighted by Crippen LogP contribution is 2.23. The van der Waals surface area contributed by atoms with Gasteiger partial charge in [-0.3, -0.25) is 14.7 Å². The third kappa shape index (κ3) is 5.13. The molecule has 0 bridgehead atoms. The van der Waals surface area contributed by atoms with Crippen LogP contribution in [0.1, 0.15) is 6.92 Å². The van der Waals surface area contributed by atoms with Crippen molar-refractivity contribution in [2.24, 2.45) is 11.1 Å². The van der Waals surface area contributed by atoms with E-state index in [1.807, 2.05) is 12.1 Å². The fourth-order valence-corrected chi connectivity index (χ4v) is 3.04. The molecule has 7 nitrogen and oxygen atoms in total. The monoisotopic (exact) mass is 408 g/mol. The highest BCUT2D eigenvalue weighted by atomic mass is 32.2. The summed E-state index contributed by atoms with van der Waals surface area (Å²) in [7, 11) is 0. The second-order valence-corrected chi connectivity index (χ2v) is 7.00. The first-order valence-corrected chi connectivity index (χ1v) is 9.63.